The fraction of sp³-hybridized carbons (Fsp3) is 0.211. The molecule has 2 aromatic rings. The molecule has 2 rings (SSSR count). The third kappa shape index (κ3) is 4.86. The molecular formula is C19H20BrNO3. The monoisotopic (exact) mass is 389 g/mol. The van der Waals surface area contributed by atoms with Crippen LogP contribution >= 0.6 is 15.9 Å². The Morgan fingerprint density at radius 1 is 1.21 bits per heavy atom. The quantitative estimate of drug-likeness (QED) is 0.720. The van der Waals surface area contributed by atoms with E-state index < -0.39 is 0 Å². The van der Waals surface area contributed by atoms with Gasteiger partial charge < -0.3 is 14.8 Å². The van der Waals surface area contributed by atoms with Gasteiger partial charge in [0.1, 0.15) is 0 Å². The Morgan fingerprint density at radius 3 is 2.67 bits per heavy atom. The average molecular weight is 390 g/mol. The van der Waals surface area contributed by atoms with Gasteiger partial charge in [-0.25, -0.2) is 0 Å². The zero-order chi connectivity index (χ0) is 17.5. The van der Waals surface area contributed by atoms with Gasteiger partial charge >= 0.3 is 0 Å². The molecule has 24 heavy (non-hydrogen) atoms. The van der Waals surface area contributed by atoms with Crippen LogP contribution in [-0.2, 0) is 4.79 Å². The van der Waals surface area contributed by atoms with Gasteiger partial charge in [0.15, 0.2) is 11.5 Å². The van der Waals surface area contributed by atoms with Crippen molar-refractivity contribution in [1.29, 1.82) is 0 Å². The third-order valence-electron chi connectivity index (χ3n) is 3.34. The van der Waals surface area contributed by atoms with Crippen molar-refractivity contribution in [3.63, 3.8) is 0 Å². The molecule has 1 N–H and O–H groups in total. The van der Waals surface area contributed by atoms with E-state index in [0.717, 1.165) is 21.3 Å². The molecule has 0 atom stereocenters. The molecule has 0 radical (unpaired) electrons. The molecule has 0 aliphatic heterocycles. The van der Waals surface area contributed by atoms with Crippen LogP contribution in [0.2, 0.25) is 0 Å². The second-order valence-corrected chi connectivity index (χ2v) is 5.98. The number of nitrogens with one attached hydrogen (secondary N) is 1. The summed E-state index contributed by atoms with van der Waals surface area (Å²) < 4.78 is 11.8. The number of hydrogen-bond donors (Lipinski definition) is 1. The Kier molecular flexibility index (Phi) is 6.44. The first kappa shape index (κ1) is 18.1. The van der Waals surface area contributed by atoms with Gasteiger partial charge in [0.05, 0.1) is 13.7 Å². The number of carbonyl (C=O) groups is 1. The molecule has 0 saturated carbocycles. The molecule has 0 aliphatic rings. The lowest BCUT2D eigenvalue weighted by Crippen LogP contribution is -2.07. The van der Waals surface area contributed by atoms with Gasteiger partial charge in [0.25, 0.3) is 0 Å². The number of hydrogen-bond acceptors (Lipinski definition) is 3. The van der Waals surface area contributed by atoms with Crippen LogP contribution in [0.4, 0.5) is 5.69 Å². The van der Waals surface area contributed by atoms with Crippen molar-refractivity contribution >= 4 is 33.6 Å². The van der Waals surface area contributed by atoms with E-state index in [-0.39, 0.29) is 5.91 Å². The van der Waals surface area contributed by atoms with Crippen LogP contribution in [0.3, 0.4) is 0 Å². The van der Waals surface area contributed by atoms with Crippen molar-refractivity contribution in [2.75, 3.05) is 19.0 Å². The van der Waals surface area contributed by atoms with Gasteiger partial charge in [-0.2, -0.15) is 0 Å². The highest BCUT2D eigenvalue weighted by atomic mass is 79.9. The van der Waals surface area contributed by atoms with Crippen molar-refractivity contribution in [2.45, 2.75) is 13.8 Å². The summed E-state index contributed by atoms with van der Waals surface area (Å²) in [5.74, 6) is 1.14. The van der Waals surface area contributed by atoms with Gasteiger partial charge in [-0.3, -0.25) is 4.79 Å². The lowest BCUT2D eigenvalue weighted by molar-refractivity contribution is -0.111. The maximum atomic E-state index is 12.1. The van der Waals surface area contributed by atoms with E-state index in [1.54, 1.807) is 13.2 Å². The number of methoxy groups -OCH3 is 1. The Balaban J connectivity index is 2.07. The summed E-state index contributed by atoms with van der Waals surface area (Å²) in [6, 6.07) is 11.2. The molecule has 0 aromatic heterocycles. The number of halogens is 1. The first-order chi connectivity index (χ1) is 11.5. The van der Waals surface area contributed by atoms with E-state index >= 15 is 0 Å². The second-order valence-electron chi connectivity index (χ2n) is 5.13. The molecule has 0 fully saturated rings. The molecule has 0 heterocycles. The standard InChI is InChI=1S/C19H20BrNO3/c1-4-24-18-12-14(5-9-17(18)23-3)6-10-19(22)21-15-7-8-16(20)13(2)11-15/h5-12H,4H2,1-3H3,(H,21,22)/b10-6+. The zero-order valence-electron chi connectivity index (χ0n) is 13.9. The lowest BCUT2D eigenvalue weighted by Gasteiger charge is -2.09. The summed E-state index contributed by atoms with van der Waals surface area (Å²) in [6.07, 6.45) is 3.23. The number of amides is 1. The fourth-order valence-electron chi connectivity index (χ4n) is 2.14. The number of rotatable bonds is 6. The van der Waals surface area contributed by atoms with E-state index in [0.29, 0.717) is 18.1 Å². The molecule has 0 spiro atoms. The van der Waals surface area contributed by atoms with Gasteiger partial charge in [-0.15, -0.1) is 0 Å². The van der Waals surface area contributed by atoms with Gasteiger partial charge in [-0.1, -0.05) is 22.0 Å². The topological polar surface area (TPSA) is 47.6 Å². The number of anilines is 1. The maximum absolute atomic E-state index is 12.1. The number of carbonyl (C=O) groups excluding carboxylic acids is 1. The summed E-state index contributed by atoms with van der Waals surface area (Å²) in [5.41, 5.74) is 2.68. The highest BCUT2D eigenvalue weighted by molar-refractivity contribution is 9.10. The summed E-state index contributed by atoms with van der Waals surface area (Å²) in [7, 11) is 1.60. The van der Waals surface area contributed by atoms with Crippen molar-refractivity contribution < 1.29 is 14.3 Å². The molecule has 1 amide bonds. The SMILES string of the molecule is CCOc1cc(/C=C/C(=O)Nc2ccc(Br)c(C)c2)ccc1OC. The van der Waals surface area contributed by atoms with Crippen LogP contribution in [0, 0.1) is 6.92 Å². The minimum absolute atomic E-state index is 0.189. The van der Waals surface area contributed by atoms with E-state index in [1.165, 1.54) is 6.08 Å². The smallest absolute Gasteiger partial charge is 0.248 e. The van der Waals surface area contributed by atoms with E-state index in [1.807, 2.05) is 50.2 Å². The predicted molar refractivity (Wildman–Crippen MR) is 101 cm³/mol. The molecule has 0 unspecified atom stereocenters. The predicted octanol–water partition coefficient (Wildman–Crippen LogP) is 4.82. The largest absolute Gasteiger partial charge is 0.493 e. The zero-order valence-corrected chi connectivity index (χ0v) is 15.5. The Morgan fingerprint density at radius 2 is 2.00 bits per heavy atom. The van der Waals surface area contributed by atoms with Crippen LogP contribution in [0.15, 0.2) is 46.9 Å². The first-order valence-electron chi connectivity index (χ1n) is 7.59. The van der Waals surface area contributed by atoms with Crippen LogP contribution in [0.1, 0.15) is 18.1 Å². The van der Waals surface area contributed by atoms with Crippen molar-refractivity contribution in [3.8, 4) is 11.5 Å². The van der Waals surface area contributed by atoms with Gasteiger partial charge in [-0.05, 0) is 61.4 Å². The Hall–Kier alpha value is -2.27. The summed E-state index contributed by atoms with van der Waals surface area (Å²) in [6.45, 7) is 4.44. The molecular weight excluding hydrogens is 370 g/mol. The molecule has 0 bridgehead atoms. The van der Waals surface area contributed by atoms with E-state index in [4.69, 9.17) is 9.47 Å². The van der Waals surface area contributed by atoms with Gasteiger partial charge in [0.2, 0.25) is 5.91 Å². The number of aryl methyl sites for hydroxylation is 1. The van der Waals surface area contributed by atoms with Crippen LogP contribution < -0.4 is 14.8 Å². The number of benzene rings is 2. The van der Waals surface area contributed by atoms with Crippen LogP contribution in [0.25, 0.3) is 6.08 Å². The fourth-order valence-corrected chi connectivity index (χ4v) is 2.39. The summed E-state index contributed by atoms with van der Waals surface area (Å²) in [5, 5.41) is 2.84. The first-order valence-corrected chi connectivity index (χ1v) is 8.39. The van der Waals surface area contributed by atoms with Crippen molar-refractivity contribution in [1.82, 2.24) is 0 Å². The second kappa shape index (κ2) is 8.55. The van der Waals surface area contributed by atoms with Gasteiger partial charge in [0, 0.05) is 16.2 Å². The summed E-state index contributed by atoms with van der Waals surface area (Å²) in [4.78, 5) is 12.1. The minimum atomic E-state index is -0.189. The summed E-state index contributed by atoms with van der Waals surface area (Å²) >= 11 is 3.44. The Bertz CT molecular complexity index is 756. The molecule has 5 heteroatoms. The maximum Gasteiger partial charge on any atom is 0.248 e. The molecule has 0 saturated heterocycles. The normalized spacial score (nSPS) is 10.7. The third-order valence-corrected chi connectivity index (χ3v) is 4.23. The average Bonchev–Trinajstić information content (AvgIpc) is 2.57. The highest BCUT2D eigenvalue weighted by Crippen LogP contribution is 2.28. The van der Waals surface area contributed by atoms with E-state index in [9.17, 15) is 4.79 Å². The van der Waals surface area contributed by atoms with E-state index in [2.05, 4.69) is 21.2 Å². The van der Waals surface area contributed by atoms with Crippen molar-refractivity contribution in [3.05, 3.63) is 58.1 Å². The highest BCUT2D eigenvalue weighted by Gasteiger charge is 2.05. The molecule has 4 nitrogen and oxygen atoms in total. The number of ether oxygens (including phenoxy) is 2. The lowest BCUT2D eigenvalue weighted by atomic mass is 10.2. The van der Waals surface area contributed by atoms with Crippen LogP contribution in [-0.4, -0.2) is 19.6 Å². The molecule has 2 aromatic carbocycles. The minimum Gasteiger partial charge on any atom is -0.493 e. The van der Waals surface area contributed by atoms with Crippen LogP contribution in [0.5, 0.6) is 11.5 Å². The molecule has 0 aliphatic carbocycles. The van der Waals surface area contributed by atoms with Crippen molar-refractivity contribution in [2.24, 2.45) is 0 Å². The Labute approximate surface area is 150 Å². The molecule has 126 valence electrons.